The Morgan fingerprint density at radius 2 is 0.900 bits per heavy atom. The first kappa shape index (κ1) is 34.6. The second-order valence-corrected chi connectivity index (χ2v) is 16.7. The molecule has 60 heavy (non-hydrogen) atoms. The summed E-state index contributed by atoms with van der Waals surface area (Å²) < 4.78 is 2.50. The molecule has 0 saturated carbocycles. The molecule has 0 N–H and O–H groups in total. The fourth-order valence-electron chi connectivity index (χ4n) is 9.79. The summed E-state index contributed by atoms with van der Waals surface area (Å²) in [7, 11) is 0. The van der Waals surface area contributed by atoms with Crippen molar-refractivity contribution < 1.29 is 0 Å². The van der Waals surface area contributed by atoms with Crippen LogP contribution in [0.15, 0.2) is 218 Å². The fourth-order valence-corrected chi connectivity index (χ4v) is 11.0. The van der Waals surface area contributed by atoms with Crippen molar-refractivity contribution >= 4 is 42.3 Å². The van der Waals surface area contributed by atoms with Crippen LogP contribution in [-0.4, -0.2) is 9.97 Å². The van der Waals surface area contributed by atoms with Gasteiger partial charge in [0, 0.05) is 36.9 Å². The van der Waals surface area contributed by atoms with Crippen molar-refractivity contribution in [2.75, 3.05) is 0 Å². The van der Waals surface area contributed by atoms with Crippen molar-refractivity contribution in [2.24, 2.45) is 0 Å². The van der Waals surface area contributed by atoms with Crippen LogP contribution in [0.4, 0.5) is 0 Å². The summed E-state index contributed by atoms with van der Waals surface area (Å²) in [5.41, 5.74) is 14.2. The van der Waals surface area contributed by atoms with Gasteiger partial charge in [-0.15, -0.1) is 11.3 Å². The molecule has 2 heterocycles. The average molecular weight is 781 g/mol. The molecular formula is C57H36N2S. The van der Waals surface area contributed by atoms with E-state index in [4.69, 9.17) is 9.97 Å². The molecule has 12 rings (SSSR count). The van der Waals surface area contributed by atoms with E-state index in [1.165, 1.54) is 69.9 Å². The number of hydrogen-bond donors (Lipinski definition) is 0. The topological polar surface area (TPSA) is 25.8 Å². The molecule has 2 aromatic heterocycles. The maximum atomic E-state index is 5.55. The standard InChI is InChI=1S/C57H36N2S/c1-3-19-39(20-4-1)57(40-21-5-2-6-22-40)50-31-13-11-25-44(50)45-34-33-38(35-51(45)57)56-58-52(46-26-10-9-24-43(46)42-28-15-18-37-17-7-8-23-41(37)42)36-53(59-56)49-30-16-29-48-47-27-12-14-32-54(47)60-55(48)49/h1-36H. The predicted molar refractivity (Wildman–Crippen MR) is 251 cm³/mol. The molecule has 1 aliphatic rings. The summed E-state index contributed by atoms with van der Waals surface area (Å²) in [4.78, 5) is 11.1. The minimum absolute atomic E-state index is 0.533. The van der Waals surface area contributed by atoms with Crippen molar-refractivity contribution in [3.63, 3.8) is 0 Å². The summed E-state index contributed by atoms with van der Waals surface area (Å²) in [6.07, 6.45) is 0. The maximum Gasteiger partial charge on any atom is 0.160 e. The third-order valence-electron chi connectivity index (χ3n) is 12.4. The molecule has 0 atom stereocenters. The van der Waals surface area contributed by atoms with Crippen molar-refractivity contribution in [2.45, 2.75) is 5.41 Å². The van der Waals surface area contributed by atoms with Crippen LogP contribution in [0, 0.1) is 0 Å². The lowest BCUT2D eigenvalue weighted by Crippen LogP contribution is -2.28. The third kappa shape index (κ3) is 5.26. The second-order valence-electron chi connectivity index (χ2n) is 15.6. The normalized spacial score (nSPS) is 12.8. The molecule has 0 radical (unpaired) electrons. The zero-order chi connectivity index (χ0) is 39.6. The van der Waals surface area contributed by atoms with Gasteiger partial charge in [-0.1, -0.05) is 200 Å². The maximum absolute atomic E-state index is 5.55. The second kappa shape index (κ2) is 13.8. The van der Waals surface area contributed by atoms with Crippen molar-refractivity contribution in [3.8, 4) is 56.2 Å². The van der Waals surface area contributed by atoms with E-state index in [0.29, 0.717) is 5.82 Å². The van der Waals surface area contributed by atoms with E-state index in [1.807, 2.05) is 11.3 Å². The number of benzene rings is 9. The van der Waals surface area contributed by atoms with Crippen LogP contribution < -0.4 is 0 Å². The summed E-state index contributed by atoms with van der Waals surface area (Å²) in [5.74, 6) is 0.696. The Morgan fingerprint density at radius 3 is 1.70 bits per heavy atom. The first-order valence-corrected chi connectivity index (χ1v) is 21.3. The van der Waals surface area contributed by atoms with E-state index in [0.717, 1.165) is 33.6 Å². The van der Waals surface area contributed by atoms with Crippen molar-refractivity contribution in [1.82, 2.24) is 9.97 Å². The van der Waals surface area contributed by atoms with Crippen LogP contribution in [-0.2, 0) is 5.41 Å². The predicted octanol–water partition coefficient (Wildman–Crippen LogP) is 15.0. The lowest BCUT2D eigenvalue weighted by molar-refractivity contribution is 0.768. The molecule has 0 fully saturated rings. The van der Waals surface area contributed by atoms with Gasteiger partial charge in [-0.3, -0.25) is 0 Å². The quantitative estimate of drug-likeness (QED) is 0.168. The van der Waals surface area contributed by atoms with Crippen LogP contribution in [0.2, 0.25) is 0 Å². The largest absolute Gasteiger partial charge is 0.228 e. The van der Waals surface area contributed by atoms with Gasteiger partial charge in [0.25, 0.3) is 0 Å². The van der Waals surface area contributed by atoms with Crippen LogP contribution in [0.25, 0.3) is 87.1 Å². The zero-order valence-electron chi connectivity index (χ0n) is 32.6. The molecular weight excluding hydrogens is 745 g/mol. The van der Waals surface area contributed by atoms with Gasteiger partial charge in [0.1, 0.15) is 0 Å². The summed E-state index contributed by atoms with van der Waals surface area (Å²) in [6, 6.07) is 79.2. The average Bonchev–Trinajstić information content (AvgIpc) is 3.86. The van der Waals surface area contributed by atoms with Gasteiger partial charge in [0.05, 0.1) is 16.8 Å². The number of nitrogens with zero attached hydrogens (tertiary/aromatic N) is 2. The lowest BCUT2D eigenvalue weighted by atomic mass is 9.67. The van der Waals surface area contributed by atoms with Gasteiger partial charge >= 0.3 is 0 Å². The Morgan fingerprint density at radius 1 is 0.350 bits per heavy atom. The number of aromatic nitrogens is 2. The van der Waals surface area contributed by atoms with Crippen LogP contribution in [0.1, 0.15) is 22.3 Å². The molecule has 280 valence electrons. The highest BCUT2D eigenvalue weighted by Crippen LogP contribution is 2.56. The molecule has 0 bridgehead atoms. The van der Waals surface area contributed by atoms with E-state index in [-0.39, 0.29) is 0 Å². The van der Waals surface area contributed by atoms with E-state index in [1.54, 1.807) is 0 Å². The van der Waals surface area contributed by atoms with Gasteiger partial charge in [0.15, 0.2) is 5.82 Å². The number of fused-ring (bicyclic) bond motifs is 7. The number of thiophene rings is 1. The molecule has 0 amide bonds. The molecule has 0 aliphatic heterocycles. The Hall–Kier alpha value is -7.46. The fraction of sp³-hybridized carbons (Fsp3) is 0.0175. The minimum Gasteiger partial charge on any atom is -0.228 e. The molecule has 2 nitrogen and oxygen atoms in total. The van der Waals surface area contributed by atoms with Crippen LogP contribution >= 0.6 is 11.3 Å². The smallest absolute Gasteiger partial charge is 0.160 e. The molecule has 3 heteroatoms. The SMILES string of the molecule is c1ccc(C2(c3ccccc3)c3ccccc3-c3ccc(-c4nc(-c5ccccc5-c5cccc6ccccc56)cc(-c5cccc6c5sc5ccccc56)n4)cc32)cc1. The van der Waals surface area contributed by atoms with Crippen molar-refractivity contribution in [3.05, 3.63) is 241 Å². The monoisotopic (exact) mass is 780 g/mol. The van der Waals surface area contributed by atoms with E-state index >= 15 is 0 Å². The molecule has 1 aliphatic carbocycles. The molecule has 9 aromatic carbocycles. The Labute approximate surface area is 352 Å². The Kier molecular flexibility index (Phi) is 7.97. The number of rotatable bonds is 6. The van der Waals surface area contributed by atoms with Gasteiger partial charge in [-0.05, 0) is 73.5 Å². The molecule has 0 unspecified atom stereocenters. The zero-order valence-corrected chi connectivity index (χ0v) is 33.4. The highest BCUT2D eigenvalue weighted by molar-refractivity contribution is 7.26. The molecule has 11 aromatic rings. The minimum atomic E-state index is -0.533. The number of hydrogen-bond acceptors (Lipinski definition) is 3. The summed E-state index contributed by atoms with van der Waals surface area (Å²) in [5, 5.41) is 4.95. The summed E-state index contributed by atoms with van der Waals surface area (Å²) >= 11 is 1.83. The van der Waals surface area contributed by atoms with E-state index in [2.05, 4.69) is 218 Å². The summed E-state index contributed by atoms with van der Waals surface area (Å²) in [6.45, 7) is 0. The van der Waals surface area contributed by atoms with E-state index in [9.17, 15) is 0 Å². The lowest BCUT2D eigenvalue weighted by Gasteiger charge is -2.34. The van der Waals surface area contributed by atoms with Gasteiger partial charge < -0.3 is 0 Å². The van der Waals surface area contributed by atoms with Gasteiger partial charge in [0.2, 0.25) is 0 Å². The van der Waals surface area contributed by atoms with Crippen molar-refractivity contribution in [1.29, 1.82) is 0 Å². The third-order valence-corrected chi connectivity index (χ3v) is 13.6. The molecule has 0 saturated heterocycles. The highest BCUT2D eigenvalue weighted by atomic mass is 32.1. The molecule has 0 spiro atoms. The Bertz CT molecular complexity index is 3390. The first-order valence-electron chi connectivity index (χ1n) is 20.5. The van der Waals surface area contributed by atoms with Crippen LogP contribution in [0.3, 0.4) is 0 Å². The Balaban J connectivity index is 1.13. The van der Waals surface area contributed by atoms with Gasteiger partial charge in [-0.2, -0.15) is 0 Å². The van der Waals surface area contributed by atoms with Crippen LogP contribution in [0.5, 0.6) is 0 Å². The van der Waals surface area contributed by atoms with E-state index < -0.39 is 5.41 Å². The van der Waals surface area contributed by atoms with Gasteiger partial charge in [-0.25, -0.2) is 9.97 Å². The highest BCUT2D eigenvalue weighted by Gasteiger charge is 2.46. The first-order chi connectivity index (χ1) is 29.8.